The van der Waals surface area contributed by atoms with Crippen LogP contribution in [0.1, 0.15) is 26.2 Å². The minimum absolute atomic E-state index is 0.0196. The van der Waals surface area contributed by atoms with Crippen LogP contribution in [0.15, 0.2) is 0 Å². The fourth-order valence-electron chi connectivity index (χ4n) is 3.49. The highest BCUT2D eigenvalue weighted by Gasteiger charge is 2.54. The van der Waals surface area contributed by atoms with Crippen LogP contribution in [0.5, 0.6) is 0 Å². The van der Waals surface area contributed by atoms with Gasteiger partial charge in [0.05, 0.1) is 24.0 Å². The van der Waals surface area contributed by atoms with Gasteiger partial charge in [-0.25, -0.2) is 0 Å². The molecule has 7 heteroatoms. The molecule has 128 valence electrons. The van der Waals surface area contributed by atoms with E-state index < -0.39 is 0 Å². The Morgan fingerprint density at radius 3 is 2.57 bits per heavy atom. The van der Waals surface area contributed by atoms with Crippen molar-refractivity contribution in [3.8, 4) is 0 Å². The quantitative estimate of drug-likeness (QED) is 0.722. The maximum absolute atomic E-state index is 12.6. The molecule has 1 aliphatic carbocycles. The average molecular weight is 323 g/mol. The fourth-order valence-corrected chi connectivity index (χ4v) is 3.49. The van der Waals surface area contributed by atoms with Crippen LogP contribution < -0.4 is 5.32 Å². The van der Waals surface area contributed by atoms with Crippen molar-refractivity contribution < 1.29 is 19.1 Å². The molecular formula is C16H25N3O4. The first-order chi connectivity index (χ1) is 11.0. The first-order valence-electron chi connectivity index (χ1n) is 8.39. The summed E-state index contributed by atoms with van der Waals surface area (Å²) in [5, 5.41) is 2.60. The maximum Gasteiger partial charge on any atom is 0.231 e. The van der Waals surface area contributed by atoms with Gasteiger partial charge in [0.1, 0.15) is 0 Å². The minimum Gasteiger partial charge on any atom is -0.381 e. The molecule has 0 spiro atoms. The molecule has 0 bridgehead atoms. The van der Waals surface area contributed by atoms with Gasteiger partial charge in [0.2, 0.25) is 17.7 Å². The molecular weight excluding hydrogens is 298 g/mol. The molecule has 2 saturated heterocycles. The molecule has 7 nitrogen and oxygen atoms in total. The van der Waals surface area contributed by atoms with Crippen molar-refractivity contribution in [2.45, 2.75) is 32.2 Å². The summed E-state index contributed by atoms with van der Waals surface area (Å²) in [7, 11) is 1.59. The van der Waals surface area contributed by atoms with Crippen molar-refractivity contribution in [2.24, 2.45) is 11.3 Å². The molecule has 23 heavy (non-hydrogen) atoms. The predicted octanol–water partition coefficient (Wildman–Crippen LogP) is -0.392. The summed E-state index contributed by atoms with van der Waals surface area (Å²) in [5.41, 5.74) is -0.305. The summed E-state index contributed by atoms with van der Waals surface area (Å²) in [4.78, 5) is 39.9. The molecule has 3 aliphatic rings. The highest BCUT2D eigenvalue weighted by Crippen LogP contribution is 2.48. The van der Waals surface area contributed by atoms with Crippen LogP contribution in [-0.4, -0.2) is 73.5 Å². The molecule has 3 fully saturated rings. The number of nitrogens with zero attached hydrogens (tertiary/aromatic N) is 2. The van der Waals surface area contributed by atoms with E-state index in [1.807, 2.05) is 11.8 Å². The smallest absolute Gasteiger partial charge is 0.231 e. The number of amides is 3. The van der Waals surface area contributed by atoms with Crippen LogP contribution in [0.25, 0.3) is 0 Å². The zero-order chi connectivity index (χ0) is 16.6. The van der Waals surface area contributed by atoms with Gasteiger partial charge in [0, 0.05) is 39.7 Å². The van der Waals surface area contributed by atoms with E-state index >= 15 is 0 Å². The van der Waals surface area contributed by atoms with Gasteiger partial charge < -0.3 is 19.9 Å². The molecule has 3 rings (SSSR count). The third-order valence-corrected chi connectivity index (χ3v) is 5.26. The number of carbonyl (C=O) groups excluding carboxylic acids is 3. The number of carbonyl (C=O) groups is 3. The molecule has 1 unspecified atom stereocenters. The van der Waals surface area contributed by atoms with Crippen LogP contribution in [0.4, 0.5) is 0 Å². The molecule has 0 aromatic rings. The SMILES string of the molecule is CCOCC1(C(=O)N2CC(N3CC(C(=O)NC)CC3=O)C2)CC1. The van der Waals surface area contributed by atoms with Gasteiger partial charge >= 0.3 is 0 Å². The standard InChI is InChI=1S/C16H25N3O4/c1-3-23-10-16(4-5-16)15(22)18-8-12(9-18)19-7-11(6-13(19)20)14(21)17-2/h11-12H,3-10H2,1-2H3,(H,17,21). The summed E-state index contributed by atoms with van der Waals surface area (Å²) >= 11 is 0. The van der Waals surface area contributed by atoms with Crippen molar-refractivity contribution >= 4 is 17.7 Å². The van der Waals surface area contributed by atoms with Crippen LogP contribution >= 0.6 is 0 Å². The lowest BCUT2D eigenvalue weighted by Gasteiger charge is -2.45. The van der Waals surface area contributed by atoms with Gasteiger partial charge in [-0.3, -0.25) is 14.4 Å². The van der Waals surface area contributed by atoms with Crippen molar-refractivity contribution in [1.29, 1.82) is 0 Å². The first kappa shape index (κ1) is 16.2. The van der Waals surface area contributed by atoms with E-state index in [2.05, 4.69) is 5.32 Å². The van der Waals surface area contributed by atoms with E-state index in [0.29, 0.717) is 32.8 Å². The van der Waals surface area contributed by atoms with Crippen LogP contribution in [0.3, 0.4) is 0 Å². The van der Waals surface area contributed by atoms with E-state index in [0.717, 1.165) is 12.8 Å². The monoisotopic (exact) mass is 323 g/mol. The Morgan fingerprint density at radius 1 is 1.30 bits per heavy atom. The van der Waals surface area contributed by atoms with E-state index in [4.69, 9.17) is 4.74 Å². The molecule has 2 aliphatic heterocycles. The molecule has 2 heterocycles. The fraction of sp³-hybridized carbons (Fsp3) is 0.812. The van der Waals surface area contributed by atoms with Gasteiger partial charge in [-0.2, -0.15) is 0 Å². The zero-order valence-corrected chi connectivity index (χ0v) is 13.8. The largest absolute Gasteiger partial charge is 0.381 e. The molecule has 0 aromatic carbocycles. The van der Waals surface area contributed by atoms with E-state index in [1.54, 1.807) is 11.9 Å². The Balaban J connectivity index is 1.50. The highest BCUT2D eigenvalue weighted by atomic mass is 16.5. The predicted molar refractivity (Wildman–Crippen MR) is 82.4 cm³/mol. The Kier molecular flexibility index (Phi) is 4.31. The number of hydrogen-bond donors (Lipinski definition) is 1. The van der Waals surface area contributed by atoms with Gasteiger partial charge in [-0.15, -0.1) is 0 Å². The third kappa shape index (κ3) is 2.94. The van der Waals surface area contributed by atoms with Crippen LogP contribution in [0, 0.1) is 11.3 Å². The second kappa shape index (κ2) is 6.11. The Morgan fingerprint density at radius 2 is 2.00 bits per heavy atom. The molecule has 1 atom stereocenters. The molecule has 0 aromatic heterocycles. The van der Waals surface area contributed by atoms with E-state index in [1.165, 1.54) is 0 Å². The van der Waals surface area contributed by atoms with Gasteiger partial charge in [0.25, 0.3) is 0 Å². The Bertz CT molecular complexity index is 511. The number of rotatable bonds is 6. The van der Waals surface area contributed by atoms with Gasteiger partial charge in [-0.1, -0.05) is 0 Å². The van der Waals surface area contributed by atoms with E-state index in [9.17, 15) is 14.4 Å². The van der Waals surface area contributed by atoms with Crippen molar-refractivity contribution in [3.63, 3.8) is 0 Å². The Labute approximate surface area is 136 Å². The molecule has 1 saturated carbocycles. The number of hydrogen-bond acceptors (Lipinski definition) is 4. The van der Waals surface area contributed by atoms with Crippen molar-refractivity contribution in [2.75, 3.05) is 39.9 Å². The van der Waals surface area contributed by atoms with E-state index in [-0.39, 0.29) is 41.5 Å². The van der Waals surface area contributed by atoms with Gasteiger partial charge in [0.15, 0.2) is 0 Å². The number of ether oxygens (including phenoxy) is 1. The van der Waals surface area contributed by atoms with Crippen molar-refractivity contribution in [3.05, 3.63) is 0 Å². The lowest BCUT2D eigenvalue weighted by atomic mass is 10.0. The topological polar surface area (TPSA) is 79.0 Å². The van der Waals surface area contributed by atoms with Crippen LogP contribution in [0.2, 0.25) is 0 Å². The lowest BCUT2D eigenvalue weighted by molar-refractivity contribution is -0.150. The lowest BCUT2D eigenvalue weighted by Crippen LogP contribution is -2.63. The highest BCUT2D eigenvalue weighted by molar-refractivity contribution is 5.90. The number of likely N-dealkylation sites (tertiary alicyclic amines) is 2. The minimum atomic E-state index is -0.305. The summed E-state index contributed by atoms with van der Waals surface area (Å²) in [6, 6.07) is 0.0593. The third-order valence-electron chi connectivity index (χ3n) is 5.26. The molecule has 0 radical (unpaired) electrons. The second-order valence-corrected chi connectivity index (χ2v) is 6.84. The molecule has 3 amide bonds. The average Bonchev–Trinajstić information content (AvgIpc) is 3.21. The Hall–Kier alpha value is -1.63. The second-order valence-electron chi connectivity index (χ2n) is 6.84. The molecule has 1 N–H and O–H groups in total. The summed E-state index contributed by atoms with van der Waals surface area (Å²) < 4.78 is 5.44. The normalized spacial score (nSPS) is 26.2. The van der Waals surface area contributed by atoms with Crippen LogP contribution in [-0.2, 0) is 19.1 Å². The van der Waals surface area contributed by atoms with Crippen molar-refractivity contribution in [1.82, 2.24) is 15.1 Å². The number of nitrogens with one attached hydrogen (secondary N) is 1. The zero-order valence-electron chi connectivity index (χ0n) is 13.8. The maximum atomic E-state index is 12.6. The summed E-state index contributed by atoms with van der Waals surface area (Å²) in [6.45, 7) is 4.70. The first-order valence-corrected chi connectivity index (χ1v) is 8.39. The van der Waals surface area contributed by atoms with Gasteiger partial charge in [-0.05, 0) is 19.8 Å². The summed E-state index contributed by atoms with van der Waals surface area (Å²) in [5.74, 6) is -0.158. The summed E-state index contributed by atoms with van der Waals surface area (Å²) in [6.07, 6.45) is 2.07.